The Kier molecular flexibility index (Phi) is 7.37. The summed E-state index contributed by atoms with van der Waals surface area (Å²) in [5.41, 5.74) is -2.68. The van der Waals surface area contributed by atoms with Crippen LogP contribution in [-0.2, 0) is 35.9 Å². The van der Waals surface area contributed by atoms with Gasteiger partial charge in [-0.1, -0.05) is 58.4 Å². The van der Waals surface area contributed by atoms with Crippen molar-refractivity contribution in [2.24, 2.45) is 0 Å². The van der Waals surface area contributed by atoms with Crippen LogP contribution in [0.2, 0.25) is 0 Å². The van der Waals surface area contributed by atoms with Crippen LogP contribution in [-0.4, -0.2) is 46.7 Å². The molecule has 0 aliphatic carbocycles. The molecule has 3 amide bonds. The molecule has 0 aromatic heterocycles. The standard InChI is InChI=1S/C29H31BrN2O7/c1-27(2,3)38-25(35)31-15-14-21(23(33)37-17-18-10-8-7-9-11-18)29(31)20-13-12-19(30)16-22(20)32(24(29)34)26(36)39-28(4,5)6/h7-14,16H,15,17H2,1-6H3. The molecule has 39 heavy (non-hydrogen) atoms. The Morgan fingerprint density at radius 2 is 1.54 bits per heavy atom. The fourth-order valence-electron chi connectivity index (χ4n) is 4.57. The normalized spacial score (nSPS) is 18.6. The van der Waals surface area contributed by atoms with Crippen molar-refractivity contribution in [3.05, 3.63) is 75.8 Å². The van der Waals surface area contributed by atoms with E-state index in [1.165, 1.54) is 6.08 Å². The SMILES string of the molecule is CC(C)(C)OC(=O)N1C(=O)C2(C(C(=O)OCc3ccccc3)=CCN2C(=O)OC(C)(C)C)c2ccc(Br)cc21. The summed E-state index contributed by atoms with van der Waals surface area (Å²) >= 11 is 3.40. The van der Waals surface area contributed by atoms with Gasteiger partial charge in [0, 0.05) is 16.6 Å². The van der Waals surface area contributed by atoms with Gasteiger partial charge in [0.1, 0.15) is 17.8 Å². The van der Waals surface area contributed by atoms with Crippen molar-refractivity contribution in [3.8, 4) is 0 Å². The zero-order valence-corrected chi connectivity index (χ0v) is 24.3. The van der Waals surface area contributed by atoms with Gasteiger partial charge < -0.3 is 14.2 Å². The molecule has 0 saturated carbocycles. The molecule has 2 aliphatic heterocycles. The second-order valence-corrected chi connectivity index (χ2v) is 12.2. The monoisotopic (exact) mass is 598 g/mol. The largest absolute Gasteiger partial charge is 0.457 e. The molecule has 9 nitrogen and oxygen atoms in total. The fraction of sp³-hybridized carbons (Fsp3) is 0.379. The van der Waals surface area contributed by atoms with E-state index in [-0.39, 0.29) is 30.0 Å². The number of halogens is 1. The summed E-state index contributed by atoms with van der Waals surface area (Å²) in [7, 11) is 0. The molecule has 0 N–H and O–H groups in total. The summed E-state index contributed by atoms with van der Waals surface area (Å²) in [6.07, 6.45) is -0.283. The van der Waals surface area contributed by atoms with Crippen molar-refractivity contribution in [3.63, 3.8) is 0 Å². The number of ether oxygens (including phenoxy) is 3. The van der Waals surface area contributed by atoms with E-state index in [1.54, 1.807) is 71.9 Å². The molecule has 2 aromatic carbocycles. The van der Waals surface area contributed by atoms with Crippen molar-refractivity contribution < 1.29 is 33.4 Å². The van der Waals surface area contributed by atoms with Crippen LogP contribution >= 0.6 is 15.9 Å². The lowest BCUT2D eigenvalue weighted by molar-refractivity contribution is -0.143. The molecular weight excluding hydrogens is 568 g/mol. The van der Waals surface area contributed by atoms with Crippen LogP contribution in [0.1, 0.15) is 52.7 Å². The Balaban J connectivity index is 1.84. The molecular formula is C29H31BrN2O7. The third-order valence-electron chi connectivity index (χ3n) is 6.00. The van der Waals surface area contributed by atoms with Crippen molar-refractivity contribution in [1.82, 2.24) is 4.90 Å². The summed E-state index contributed by atoms with van der Waals surface area (Å²) in [4.78, 5) is 56.9. The first-order valence-electron chi connectivity index (χ1n) is 12.4. The van der Waals surface area contributed by atoms with E-state index in [4.69, 9.17) is 14.2 Å². The van der Waals surface area contributed by atoms with Crippen LogP contribution in [0.4, 0.5) is 15.3 Å². The number of hydrogen-bond donors (Lipinski definition) is 0. The maximum absolute atomic E-state index is 14.4. The van der Waals surface area contributed by atoms with Crippen LogP contribution in [0.5, 0.6) is 0 Å². The van der Waals surface area contributed by atoms with E-state index < -0.39 is 40.8 Å². The molecule has 0 fully saturated rings. The van der Waals surface area contributed by atoms with Gasteiger partial charge in [0.05, 0.1) is 11.3 Å². The minimum atomic E-state index is -2.00. The number of benzene rings is 2. The first-order chi connectivity index (χ1) is 18.1. The third-order valence-corrected chi connectivity index (χ3v) is 6.49. The van der Waals surface area contributed by atoms with Crippen LogP contribution < -0.4 is 4.90 Å². The topological polar surface area (TPSA) is 102 Å². The summed E-state index contributed by atoms with van der Waals surface area (Å²) in [5.74, 6) is -1.63. The number of anilines is 1. The minimum absolute atomic E-state index is 0.0449. The molecule has 206 valence electrons. The number of esters is 1. The molecule has 0 saturated heterocycles. The highest BCUT2D eigenvalue weighted by molar-refractivity contribution is 9.10. The van der Waals surface area contributed by atoms with Gasteiger partial charge in [0.15, 0.2) is 5.54 Å². The van der Waals surface area contributed by atoms with E-state index in [2.05, 4.69) is 15.9 Å². The maximum atomic E-state index is 14.4. The Morgan fingerprint density at radius 3 is 2.15 bits per heavy atom. The highest BCUT2D eigenvalue weighted by Gasteiger charge is 2.65. The lowest BCUT2D eigenvalue weighted by Crippen LogP contribution is -2.57. The number of carbonyl (C=O) groups is 4. The van der Waals surface area contributed by atoms with E-state index in [9.17, 15) is 19.2 Å². The summed E-state index contributed by atoms with van der Waals surface area (Å²) in [6.45, 7) is 9.97. The molecule has 2 heterocycles. The van der Waals surface area contributed by atoms with Crippen LogP contribution in [0.25, 0.3) is 0 Å². The van der Waals surface area contributed by atoms with Gasteiger partial charge in [0.2, 0.25) is 0 Å². The van der Waals surface area contributed by atoms with Gasteiger partial charge in [-0.25, -0.2) is 19.3 Å². The predicted octanol–water partition coefficient (Wildman–Crippen LogP) is 5.85. The molecule has 0 radical (unpaired) electrons. The molecule has 1 unspecified atom stereocenters. The molecule has 10 heteroatoms. The molecule has 2 aliphatic rings. The molecule has 2 aromatic rings. The predicted molar refractivity (Wildman–Crippen MR) is 147 cm³/mol. The number of rotatable bonds is 3. The average Bonchev–Trinajstić information content (AvgIpc) is 3.33. The number of hydrogen-bond acceptors (Lipinski definition) is 7. The van der Waals surface area contributed by atoms with Gasteiger partial charge in [0.25, 0.3) is 5.91 Å². The van der Waals surface area contributed by atoms with Crippen molar-refractivity contribution >= 4 is 45.7 Å². The summed E-state index contributed by atoms with van der Waals surface area (Å²) in [5, 5.41) is 0. The summed E-state index contributed by atoms with van der Waals surface area (Å²) in [6, 6.07) is 13.9. The molecule has 0 bridgehead atoms. The average molecular weight is 599 g/mol. The van der Waals surface area contributed by atoms with Crippen LogP contribution in [0.3, 0.4) is 0 Å². The number of nitrogens with zero attached hydrogens (tertiary/aromatic N) is 2. The van der Waals surface area contributed by atoms with E-state index >= 15 is 0 Å². The van der Waals surface area contributed by atoms with Gasteiger partial charge in [-0.15, -0.1) is 0 Å². The first-order valence-corrected chi connectivity index (χ1v) is 13.2. The number of amides is 3. The second-order valence-electron chi connectivity index (χ2n) is 11.3. The van der Waals surface area contributed by atoms with Crippen molar-refractivity contribution in [1.29, 1.82) is 0 Å². The first kappa shape index (κ1) is 28.4. The van der Waals surface area contributed by atoms with Gasteiger partial charge >= 0.3 is 18.2 Å². The third kappa shape index (κ3) is 5.43. The smallest absolute Gasteiger partial charge is 0.421 e. The number of fused-ring (bicyclic) bond motifs is 2. The zero-order chi connectivity index (χ0) is 28.8. The zero-order valence-electron chi connectivity index (χ0n) is 22.7. The number of carbonyl (C=O) groups excluding carboxylic acids is 4. The summed E-state index contributed by atoms with van der Waals surface area (Å²) < 4.78 is 17.4. The molecule has 1 spiro atoms. The van der Waals surface area contributed by atoms with Crippen LogP contribution in [0.15, 0.2) is 64.7 Å². The lowest BCUT2D eigenvalue weighted by Gasteiger charge is -2.36. The van der Waals surface area contributed by atoms with E-state index in [0.29, 0.717) is 4.47 Å². The molecule has 4 rings (SSSR count). The lowest BCUT2D eigenvalue weighted by atomic mass is 9.84. The van der Waals surface area contributed by atoms with Crippen molar-refractivity contribution in [2.75, 3.05) is 11.4 Å². The van der Waals surface area contributed by atoms with Crippen LogP contribution in [0, 0.1) is 0 Å². The van der Waals surface area contributed by atoms with E-state index in [1.807, 2.05) is 18.2 Å². The van der Waals surface area contributed by atoms with Gasteiger partial charge in [-0.2, -0.15) is 0 Å². The van der Waals surface area contributed by atoms with Gasteiger partial charge in [-0.05, 0) is 59.2 Å². The maximum Gasteiger partial charge on any atom is 0.421 e. The Morgan fingerprint density at radius 1 is 0.923 bits per heavy atom. The number of imide groups is 1. The fourth-order valence-corrected chi connectivity index (χ4v) is 4.91. The Bertz CT molecular complexity index is 1360. The highest BCUT2D eigenvalue weighted by Crippen LogP contribution is 2.52. The quantitative estimate of drug-likeness (QED) is 0.322. The highest BCUT2D eigenvalue weighted by atomic mass is 79.9. The Hall–Kier alpha value is -3.66. The van der Waals surface area contributed by atoms with E-state index in [0.717, 1.165) is 15.4 Å². The van der Waals surface area contributed by atoms with Crippen molar-refractivity contribution in [2.45, 2.75) is 64.9 Å². The van der Waals surface area contributed by atoms with Gasteiger partial charge in [-0.3, -0.25) is 9.69 Å². The molecule has 1 atom stereocenters. The second kappa shape index (κ2) is 10.1. The minimum Gasteiger partial charge on any atom is -0.457 e. The Labute approximate surface area is 235 Å².